The molecule has 1 aromatic heterocycles. The smallest absolute Gasteiger partial charge is 0.410 e. The molecule has 2 N–H and O–H groups in total. The maximum atomic E-state index is 12.0. The van der Waals surface area contributed by atoms with E-state index >= 15 is 0 Å². The second-order valence-corrected chi connectivity index (χ2v) is 6.16. The zero-order chi connectivity index (χ0) is 15.6. The minimum absolute atomic E-state index is 0.143. The summed E-state index contributed by atoms with van der Waals surface area (Å²) in [5.41, 5.74) is 5.98. The SMILES string of the molecule is Cc1cnc(N)c(OC2CCN(C(=O)OC(C)(C)C)C2)n1. The summed E-state index contributed by atoms with van der Waals surface area (Å²) in [5, 5.41) is 0. The summed E-state index contributed by atoms with van der Waals surface area (Å²) in [6.07, 6.45) is 1.84. The van der Waals surface area contributed by atoms with E-state index in [-0.39, 0.29) is 18.0 Å². The Balaban J connectivity index is 1.93. The van der Waals surface area contributed by atoms with Crippen LogP contribution in [0.3, 0.4) is 0 Å². The van der Waals surface area contributed by atoms with Crippen molar-refractivity contribution in [2.75, 3.05) is 18.8 Å². The van der Waals surface area contributed by atoms with E-state index in [0.717, 1.165) is 5.69 Å². The Morgan fingerprint density at radius 1 is 1.48 bits per heavy atom. The van der Waals surface area contributed by atoms with E-state index in [9.17, 15) is 4.79 Å². The second-order valence-electron chi connectivity index (χ2n) is 6.16. The number of aromatic nitrogens is 2. The second kappa shape index (κ2) is 5.75. The van der Waals surface area contributed by atoms with Crippen LogP contribution in [0.15, 0.2) is 6.20 Å². The molecular formula is C14H22N4O3. The lowest BCUT2D eigenvalue weighted by Gasteiger charge is -2.24. The van der Waals surface area contributed by atoms with Gasteiger partial charge in [0.2, 0.25) is 0 Å². The molecule has 2 rings (SSSR count). The van der Waals surface area contributed by atoms with Gasteiger partial charge < -0.3 is 20.1 Å². The van der Waals surface area contributed by atoms with Crippen LogP contribution in [0.25, 0.3) is 0 Å². The van der Waals surface area contributed by atoms with E-state index in [4.69, 9.17) is 15.2 Å². The molecule has 1 unspecified atom stereocenters. The van der Waals surface area contributed by atoms with Crippen molar-refractivity contribution in [2.24, 2.45) is 0 Å². The lowest BCUT2D eigenvalue weighted by molar-refractivity contribution is 0.0275. The van der Waals surface area contributed by atoms with Crippen molar-refractivity contribution in [3.05, 3.63) is 11.9 Å². The Morgan fingerprint density at radius 2 is 2.19 bits per heavy atom. The minimum atomic E-state index is -0.498. The van der Waals surface area contributed by atoms with Gasteiger partial charge in [-0.3, -0.25) is 0 Å². The number of aryl methyl sites for hydroxylation is 1. The van der Waals surface area contributed by atoms with Crippen LogP contribution in [0, 0.1) is 6.92 Å². The van der Waals surface area contributed by atoms with Crippen LogP contribution in [0.5, 0.6) is 5.88 Å². The van der Waals surface area contributed by atoms with Gasteiger partial charge in [-0.15, -0.1) is 0 Å². The number of hydrogen-bond donors (Lipinski definition) is 1. The Bertz CT molecular complexity index is 527. The topological polar surface area (TPSA) is 90.6 Å². The van der Waals surface area contributed by atoms with Gasteiger partial charge in [0.15, 0.2) is 5.82 Å². The third-order valence-corrected chi connectivity index (χ3v) is 2.96. The molecule has 1 amide bonds. The molecule has 1 aromatic rings. The van der Waals surface area contributed by atoms with Crippen molar-refractivity contribution in [3.8, 4) is 5.88 Å². The van der Waals surface area contributed by atoms with Gasteiger partial charge in [0.25, 0.3) is 5.88 Å². The highest BCUT2D eigenvalue weighted by Gasteiger charge is 2.31. The number of nitrogens with two attached hydrogens (primary N) is 1. The summed E-state index contributed by atoms with van der Waals surface area (Å²) >= 11 is 0. The standard InChI is InChI=1S/C14H22N4O3/c1-9-7-16-11(15)12(17-9)20-10-5-6-18(8-10)13(19)21-14(2,3)4/h7,10H,5-6,8H2,1-4H3,(H2,15,16). The average Bonchev–Trinajstić information content (AvgIpc) is 2.80. The summed E-state index contributed by atoms with van der Waals surface area (Å²) in [7, 11) is 0. The van der Waals surface area contributed by atoms with E-state index in [0.29, 0.717) is 25.4 Å². The van der Waals surface area contributed by atoms with E-state index < -0.39 is 5.60 Å². The summed E-state index contributed by atoms with van der Waals surface area (Å²) in [6.45, 7) is 8.41. The molecule has 0 saturated carbocycles. The molecule has 0 aliphatic carbocycles. The number of hydrogen-bond acceptors (Lipinski definition) is 6. The summed E-state index contributed by atoms with van der Waals surface area (Å²) in [4.78, 5) is 21.8. The quantitative estimate of drug-likeness (QED) is 0.893. The minimum Gasteiger partial charge on any atom is -0.470 e. The van der Waals surface area contributed by atoms with Gasteiger partial charge in [0.05, 0.1) is 18.4 Å². The molecule has 2 heterocycles. The van der Waals surface area contributed by atoms with E-state index in [1.54, 1.807) is 11.1 Å². The first-order valence-electron chi connectivity index (χ1n) is 6.98. The molecule has 21 heavy (non-hydrogen) atoms. The van der Waals surface area contributed by atoms with Crippen LogP contribution >= 0.6 is 0 Å². The highest BCUT2D eigenvalue weighted by atomic mass is 16.6. The summed E-state index contributed by atoms with van der Waals surface area (Å²) < 4.78 is 11.1. The van der Waals surface area contributed by atoms with Crippen molar-refractivity contribution >= 4 is 11.9 Å². The number of amides is 1. The van der Waals surface area contributed by atoms with E-state index in [1.165, 1.54) is 0 Å². The molecule has 1 aliphatic rings. The third kappa shape index (κ3) is 4.21. The van der Waals surface area contributed by atoms with E-state index in [2.05, 4.69) is 9.97 Å². The predicted octanol–water partition coefficient (Wildman–Crippen LogP) is 1.76. The molecule has 0 bridgehead atoms. The molecule has 1 fully saturated rings. The first-order chi connectivity index (χ1) is 9.74. The van der Waals surface area contributed by atoms with E-state index in [1.807, 2.05) is 27.7 Å². The fourth-order valence-corrected chi connectivity index (χ4v) is 2.03. The third-order valence-electron chi connectivity index (χ3n) is 2.96. The Labute approximate surface area is 124 Å². The van der Waals surface area contributed by atoms with Crippen LogP contribution in [0.4, 0.5) is 10.6 Å². The van der Waals surface area contributed by atoms with Crippen LogP contribution < -0.4 is 10.5 Å². The normalized spacial score (nSPS) is 18.7. The Hall–Kier alpha value is -2.05. The van der Waals surface area contributed by atoms with Gasteiger partial charge >= 0.3 is 6.09 Å². The van der Waals surface area contributed by atoms with Gasteiger partial charge in [-0.1, -0.05) is 0 Å². The highest BCUT2D eigenvalue weighted by Crippen LogP contribution is 2.22. The van der Waals surface area contributed by atoms with Crippen LogP contribution in [0.2, 0.25) is 0 Å². The predicted molar refractivity (Wildman–Crippen MR) is 78.0 cm³/mol. The zero-order valence-corrected chi connectivity index (χ0v) is 12.9. The zero-order valence-electron chi connectivity index (χ0n) is 12.9. The van der Waals surface area contributed by atoms with Gasteiger partial charge in [0, 0.05) is 13.0 Å². The molecule has 116 valence electrons. The average molecular weight is 294 g/mol. The van der Waals surface area contributed by atoms with Crippen molar-refractivity contribution in [2.45, 2.75) is 45.8 Å². The van der Waals surface area contributed by atoms with Crippen LogP contribution in [-0.2, 0) is 4.74 Å². The molecule has 0 spiro atoms. The van der Waals surface area contributed by atoms with Crippen LogP contribution in [-0.4, -0.2) is 45.8 Å². The largest absolute Gasteiger partial charge is 0.470 e. The molecule has 1 aliphatic heterocycles. The molecule has 0 radical (unpaired) electrons. The number of carbonyl (C=O) groups excluding carboxylic acids is 1. The van der Waals surface area contributed by atoms with Gasteiger partial charge in [0.1, 0.15) is 11.7 Å². The van der Waals surface area contributed by atoms with Crippen molar-refractivity contribution in [1.82, 2.24) is 14.9 Å². The Morgan fingerprint density at radius 3 is 2.86 bits per heavy atom. The molecule has 1 atom stereocenters. The first kappa shape index (κ1) is 15.3. The molecule has 7 heteroatoms. The first-order valence-corrected chi connectivity index (χ1v) is 6.98. The number of likely N-dealkylation sites (tertiary alicyclic amines) is 1. The monoisotopic (exact) mass is 294 g/mol. The maximum absolute atomic E-state index is 12.0. The number of nitrogen functional groups attached to an aromatic ring is 1. The molecule has 0 aromatic carbocycles. The molecule has 1 saturated heterocycles. The van der Waals surface area contributed by atoms with Gasteiger partial charge in [-0.2, -0.15) is 0 Å². The van der Waals surface area contributed by atoms with Crippen molar-refractivity contribution in [3.63, 3.8) is 0 Å². The van der Waals surface area contributed by atoms with Gasteiger partial charge in [-0.05, 0) is 27.7 Å². The number of anilines is 1. The highest BCUT2D eigenvalue weighted by molar-refractivity contribution is 5.68. The van der Waals surface area contributed by atoms with Crippen molar-refractivity contribution in [1.29, 1.82) is 0 Å². The fraction of sp³-hybridized carbons (Fsp3) is 0.643. The summed E-state index contributed by atoms with van der Waals surface area (Å²) in [5.74, 6) is 0.586. The summed E-state index contributed by atoms with van der Waals surface area (Å²) in [6, 6.07) is 0. The maximum Gasteiger partial charge on any atom is 0.410 e. The van der Waals surface area contributed by atoms with Crippen molar-refractivity contribution < 1.29 is 14.3 Å². The Kier molecular flexibility index (Phi) is 4.20. The lowest BCUT2D eigenvalue weighted by Crippen LogP contribution is -2.36. The number of ether oxygens (including phenoxy) is 2. The number of nitrogens with zero attached hydrogens (tertiary/aromatic N) is 3. The lowest BCUT2D eigenvalue weighted by atomic mass is 10.2. The van der Waals surface area contributed by atoms with Crippen LogP contribution in [0.1, 0.15) is 32.9 Å². The fourth-order valence-electron chi connectivity index (χ4n) is 2.03. The van der Waals surface area contributed by atoms with Gasteiger partial charge in [-0.25, -0.2) is 14.8 Å². The number of carbonyl (C=O) groups is 1. The molecular weight excluding hydrogens is 272 g/mol. The molecule has 7 nitrogen and oxygen atoms in total. The number of rotatable bonds is 2.